The van der Waals surface area contributed by atoms with Gasteiger partial charge in [0.25, 0.3) is 0 Å². The predicted octanol–water partition coefficient (Wildman–Crippen LogP) is 3.13. The molecule has 0 aromatic carbocycles. The summed E-state index contributed by atoms with van der Waals surface area (Å²) < 4.78 is 0. The average molecular weight is 215 g/mol. The number of nitrogens with zero attached hydrogens (tertiary/aromatic N) is 3. The van der Waals surface area contributed by atoms with Gasteiger partial charge in [0.2, 0.25) is 0 Å². The fourth-order valence-electron chi connectivity index (χ4n) is 1.98. The van der Waals surface area contributed by atoms with E-state index >= 15 is 0 Å². The first-order valence-electron chi connectivity index (χ1n) is 6.07. The standard InChI is InChI=1S/C13H17N3/c1-3-9(4-2)12-7-11(8-14)15-13(16-12)10-5-6-10/h7,9-10H,3-6H2,1-2H3. The lowest BCUT2D eigenvalue weighted by atomic mass is 9.98. The van der Waals surface area contributed by atoms with Crippen LogP contribution in [0.1, 0.15) is 68.6 Å². The molecule has 0 N–H and O–H groups in total. The van der Waals surface area contributed by atoms with Gasteiger partial charge < -0.3 is 0 Å². The molecule has 1 saturated carbocycles. The molecule has 1 aliphatic carbocycles. The van der Waals surface area contributed by atoms with E-state index in [0.717, 1.165) is 24.4 Å². The highest BCUT2D eigenvalue weighted by Crippen LogP contribution is 2.38. The Labute approximate surface area is 96.5 Å². The van der Waals surface area contributed by atoms with Crippen molar-refractivity contribution in [3.63, 3.8) is 0 Å². The Hall–Kier alpha value is -1.43. The molecule has 0 bridgehead atoms. The largest absolute Gasteiger partial charge is 0.237 e. The Bertz CT molecular complexity index is 412. The molecule has 16 heavy (non-hydrogen) atoms. The molecule has 0 aliphatic heterocycles. The van der Waals surface area contributed by atoms with E-state index in [2.05, 4.69) is 29.9 Å². The first-order valence-corrected chi connectivity index (χ1v) is 6.07. The Morgan fingerprint density at radius 1 is 1.38 bits per heavy atom. The van der Waals surface area contributed by atoms with Gasteiger partial charge in [-0.3, -0.25) is 0 Å². The van der Waals surface area contributed by atoms with Gasteiger partial charge in [0.05, 0.1) is 0 Å². The molecule has 1 heterocycles. The predicted molar refractivity (Wildman–Crippen MR) is 62.0 cm³/mol. The summed E-state index contributed by atoms with van der Waals surface area (Å²) in [6.45, 7) is 4.33. The lowest BCUT2D eigenvalue weighted by Gasteiger charge is -2.12. The topological polar surface area (TPSA) is 49.6 Å². The zero-order valence-electron chi connectivity index (χ0n) is 9.90. The van der Waals surface area contributed by atoms with Crippen molar-refractivity contribution in [2.45, 2.75) is 51.4 Å². The maximum atomic E-state index is 8.98. The minimum atomic E-state index is 0.465. The van der Waals surface area contributed by atoms with Crippen LogP contribution in [0.3, 0.4) is 0 Å². The summed E-state index contributed by atoms with van der Waals surface area (Å²) in [5, 5.41) is 8.98. The van der Waals surface area contributed by atoms with Crippen molar-refractivity contribution in [3.8, 4) is 6.07 Å². The fourth-order valence-corrected chi connectivity index (χ4v) is 1.98. The summed E-state index contributed by atoms with van der Waals surface area (Å²) in [6.07, 6.45) is 4.50. The highest BCUT2D eigenvalue weighted by atomic mass is 14.9. The quantitative estimate of drug-likeness (QED) is 0.775. The van der Waals surface area contributed by atoms with Gasteiger partial charge in [-0.15, -0.1) is 0 Å². The Morgan fingerprint density at radius 3 is 2.56 bits per heavy atom. The highest BCUT2D eigenvalue weighted by Gasteiger charge is 2.27. The van der Waals surface area contributed by atoms with E-state index in [-0.39, 0.29) is 0 Å². The zero-order chi connectivity index (χ0) is 11.5. The van der Waals surface area contributed by atoms with Gasteiger partial charge in [-0.2, -0.15) is 5.26 Å². The van der Waals surface area contributed by atoms with Crippen LogP contribution in [0.2, 0.25) is 0 Å². The molecule has 1 aromatic heterocycles. The van der Waals surface area contributed by atoms with Gasteiger partial charge in [0.15, 0.2) is 0 Å². The molecule has 0 atom stereocenters. The van der Waals surface area contributed by atoms with Crippen LogP contribution in [-0.2, 0) is 0 Å². The zero-order valence-corrected chi connectivity index (χ0v) is 9.90. The van der Waals surface area contributed by atoms with Gasteiger partial charge in [-0.1, -0.05) is 13.8 Å². The van der Waals surface area contributed by atoms with Crippen LogP contribution in [0, 0.1) is 11.3 Å². The molecule has 3 nitrogen and oxygen atoms in total. The van der Waals surface area contributed by atoms with Crippen LogP contribution in [-0.4, -0.2) is 9.97 Å². The smallest absolute Gasteiger partial charge is 0.144 e. The first-order chi connectivity index (χ1) is 7.78. The highest BCUT2D eigenvalue weighted by molar-refractivity contribution is 5.26. The van der Waals surface area contributed by atoms with Gasteiger partial charge in [0.1, 0.15) is 17.6 Å². The van der Waals surface area contributed by atoms with Crippen molar-refractivity contribution in [2.24, 2.45) is 0 Å². The van der Waals surface area contributed by atoms with Crippen molar-refractivity contribution in [1.29, 1.82) is 5.26 Å². The van der Waals surface area contributed by atoms with E-state index in [1.807, 2.05) is 6.07 Å². The second-order valence-corrected chi connectivity index (χ2v) is 4.44. The van der Waals surface area contributed by atoms with Crippen LogP contribution in [0.4, 0.5) is 0 Å². The lowest BCUT2D eigenvalue weighted by molar-refractivity contribution is 0.615. The van der Waals surface area contributed by atoms with Crippen molar-refractivity contribution < 1.29 is 0 Å². The van der Waals surface area contributed by atoms with Gasteiger partial charge in [-0.25, -0.2) is 9.97 Å². The Balaban J connectivity index is 2.36. The molecule has 1 aliphatic rings. The summed E-state index contributed by atoms with van der Waals surface area (Å²) in [7, 11) is 0. The monoisotopic (exact) mass is 215 g/mol. The van der Waals surface area contributed by atoms with E-state index in [9.17, 15) is 0 Å². The molecule has 1 fully saturated rings. The lowest BCUT2D eigenvalue weighted by Crippen LogP contribution is -2.05. The molecule has 84 valence electrons. The molecule has 0 radical (unpaired) electrons. The third-order valence-electron chi connectivity index (χ3n) is 3.22. The number of rotatable bonds is 4. The maximum absolute atomic E-state index is 8.98. The maximum Gasteiger partial charge on any atom is 0.144 e. The SMILES string of the molecule is CCC(CC)c1cc(C#N)nc(C2CC2)n1. The summed E-state index contributed by atoms with van der Waals surface area (Å²) in [5.41, 5.74) is 1.58. The number of hydrogen-bond acceptors (Lipinski definition) is 3. The molecule has 0 amide bonds. The molecular weight excluding hydrogens is 198 g/mol. The van der Waals surface area contributed by atoms with Crippen molar-refractivity contribution in [1.82, 2.24) is 9.97 Å². The number of nitriles is 1. The van der Waals surface area contributed by atoms with Crippen molar-refractivity contribution in [2.75, 3.05) is 0 Å². The third kappa shape index (κ3) is 2.21. The van der Waals surface area contributed by atoms with Crippen LogP contribution >= 0.6 is 0 Å². The van der Waals surface area contributed by atoms with Crippen LogP contribution < -0.4 is 0 Å². The number of hydrogen-bond donors (Lipinski definition) is 0. The Morgan fingerprint density at radius 2 is 2.06 bits per heavy atom. The molecule has 2 rings (SSSR count). The van der Waals surface area contributed by atoms with Gasteiger partial charge in [0, 0.05) is 17.5 Å². The Kier molecular flexibility index (Phi) is 3.19. The minimum Gasteiger partial charge on any atom is -0.237 e. The van der Waals surface area contributed by atoms with E-state index in [1.165, 1.54) is 12.8 Å². The normalized spacial score (nSPS) is 15.1. The number of aromatic nitrogens is 2. The summed E-state index contributed by atoms with van der Waals surface area (Å²) in [6, 6.07) is 3.99. The third-order valence-corrected chi connectivity index (χ3v) is 3.22. The molecule has 3 heteroatoms. The summed E-state index contributed by atoms with van der Waals surface area (Å²) in [4.78, 5) is 8.92. The molecular formula is C13H17N3. The van der Waals surface area contributed by atoms with Gasteiger partial charge in [-0.05, 0) is 31.7 Å². The molecule has 0 saturated heterocycles. The molecule has 0 unspecified atom stereocenters. The van der Waals surface area contributed by atoms with E-state index < -0.39 is 0 Å². The van der Waals surface area contributed by atoms with E-state index in [1.54, 1.807) is 0 Å². The van der Waals surface area contributed by atoms with E-state index in [4.69, 9.17) is 5.26 Å². The van der Waals surface area contributed by atoms with Crippen molar-refractivity contribution in [3.05, 3.63) is 23.3 Å². The summed E-state index contributed by atoms with van der Waals surface area (Å²) in [5.74, 6) is 1.87. The second kappa shape index (κ2) is 4.61. The van der Waals surface area contributed by atoms with Crippen molar-refractivity contribution >= 4 is 0 Å². The van der Waals surface area contributed by atoms with Gasteiger partial charge >= 0.3 is 0 Å². The summed E-state index contributed by atoms with van der Waals surface area (Å²) >= 11 is 0. The van der Waals surface area contributed by atoms with E-state index in [0.29, 0.717) is 17.5 Å². The second-order valence-electron chi connectivity index (χ2n) is 4.44. The molecule has 1 aromatic rings. The average Bonchev–Trinajstić information content (AvgIpc) is 3.14. The van der Waals surface area contributed by atoms with Crippen LogP contribution in [0.5, 0.6) is 0 Å². The van der Waals surface area contributed by atoms with Crippen LogP contribution in [0.25, 0.3) is 0 Å². The van der Waals surface area contributed by atoms with Crippen LogP contribution in [0.15, 0.2) is 6.07 Å². The first kappa shape index (κ1) is 11.1. The minimum absolute atomic E-state index is 0.465. The molecule has 0 spiro atoms. The fraction of sp³-hybridized carbons (Fsp3) is 0.615.